The molecule has 34 heavy (non-hydrogen) atoms. The largest absolute Gasteiger partial charge is 0.483 e. The van der Waals surface area contributed by atoms with Gasteiger partial charge in [-0.05, 0) is 25.0 Å². The van der Waals surface area contributed by atoms with E-state index in [9.17, 15) is 4.79 Å². The minimum absolute atomic E-state index is 0. The van der Waals surface area contributed by atoms with E-state index in [1.165, 1.54) is 0 Å². The van der Waals surface area contributed by atoms with Crippen molar-refractivity contribution in [3.05, 3.63) is 48.3 Å². The Morgan fingerprint density at radius 3 is 2.68 bits per heavy atom. The lowest BCUT2D eigenvalue weighted by Crippen LogP contribution is -2.51. The number of anilines is 1. The summed E-state index contributed by atoms with van der Waals surface area (Å²) in [5.74, 6) is 1.70. The van der Waals surface area contributed by atoms with Crippen molar-refractivity contribution in [2.24, 2.45) is 10.7 Å². The fraction of sp³-hybridized carbons (Fsp3) is 0.478. The first-order chi connectivity index (χ1) is 16.2. The van der Waals surface area contributed by atoms with Crippen LogP contribution >= 0.6 is 17.0 Å². The number of carbonyl (C=O) groups excluding carboxylic acids is 1. The third kappa shape index (κ3) is 7.29. The van der Waals surface area contributed by atoms with E-state index in [0.717, 1.165) is 57.1 Å². The molecule has 0 bridgehead atoms. The van der Waals surface area contributed by atoms with Crippen LogP contribution in [0.3, 0.4) is 0 Å². The molecule has 10 nitrogen and oxygen atoms in total. The van der Waals surface area contributed by atoms with Crippen LogP contribution in [0.25, 0.3) is 0 Å². The summed E-state index contributed by atoms with van der Waals surface area (Å²) < 4.78 is 11.3. The van der Waals surface area contributed by atoms with Crippen molar-refractivity contribution in [3.8, 4) is 5.75 Å². The summed E-state index contributed by atoms with van der Waals surface area (Å²) in [6, 6.07) is 9.38. The van der Waals surface area contributed by atoms with Crippen molar-refractivity contribution >= 4 is 34.8 Å². The molecule has 0 spiro atoms. The van der Waals surface area contributed by atoms with Crippen LogP contribution in [0.15, 0.2) is 47.7 Å². The molecule has 0 saturated carbocycles. The van der Waals surface area contributed by atoms with Crippen molar-refractivity contribution in [1.82, 2.24) is 20.2 Å². The third-order valence-electron chi connectivity index (χ3n) is 5.73. The van der Waals surface area contributed by atoms with E-state index < -0.39 is 0 Å². The standard InChI is InChI=1S/C23H31N7O3.BrH/c24-22(29-10-12-30(13-11-29)23-25-8-4-9-26-23)28-15-18-5-1-2-7-20(18)33-17-21(31)27-16-19-6-3-14-32-19;/h1-2,4-5,7-9,19H,3,6,10-17H2,(H2,24,28)(H,27,31);1H. The van der Waals surface area contributed by atoms with Gasteiger partial charge in [-0.2, -0.15) is 0 Å². The molecule has 184 valence electrons. The Hall–Kier alpha value is -2.92. The lowest BCUT2D eigenvalue weighted by molar-refractivity contribution is -0.123. The lowest BCUT2D eigenvalue weighted by atomic mass is 10.2. The Kier molecular flexibility index (Phi) is 9.89. The second-order valence-electron chi connectivity index (χ2n) is 8.03. The number of halogens is 1. The molecule has 1 aromatic heterocycles. The number of aromatic nitrogens is 2. The molecule has 2 aliphatic heterocycles. The zero-order valence-corrected chi connectivity index (χ0v) is 20.8. The van der Waals surface area contributed by atoms with Crippen LogP contribution in [0.5, 0.6) is 5.75 Å². The van der Waals surface area contributed by atoms with E-state index in [4.69, 9.17) is 15.2 Å². The first-order valence-electron chi connectivity index (χ1n) is 11.3. The summed E-state index contributed by atoms with van der Waals surface area (Å²) in [5.41, 5.74) is 7.14. The number of ether oxygens (including phenoxy) is 2. The number of amides is 1. The normalized spacial score (nSPS) is 18.4. The number of aliphatic imine (C=N–C) groups is 1. The highest BCUT2D eigenvalue weighted by atomic mass is 79.9. The van der Waals surface area contributed by atoms with Crippen molar-refractivity contribution < 1.29 is 14.3 Å². The first kappa shape index (κ1) is 25.7. The number of piperazine rings is 1. The molecule has 0 radical (unpaired) electrons. The Morgan fingerprint density at radius 2 is 1.94 bits per heavy atom. The Bertz CT molecular complexity index is 933. The van der Waals surface area contributed by atoms with E-state index in [0.29, 0.717) is 24.8 Å². The van der Waals surface area contributed by atoms with Crippen LogP contribution in [0, 0.1) is 0 Å². The number of nitrogens with two attached hydrogens (primary N) is 1. The second-order valence-corrected chi connectivity index (χ2v) is 8.03. The number of nitrogens with zero attached hydrogens (tertiary/aromatic N) is 5. The summed E-state index contributed by atoms with van der Waals surface area (Å²) in [6.45, 7) is 4.67. The second kappa shape index (κ2) is 13.1. The Morgan fingerprint density at radius 1 is 1.18 bits per heavy atom. The molecule has 3 N–H and O–H groups in total. The monoisotopic (exact) mass is 533 g/mol. The number of hydrogen-bond acceptors (Lipinski definition) is 7. The molecule has 2 aromatic rings. The van der Waals surface area contributed by atoms with Gasteiger partial charge in [-0.3, -0.25) is 4.79 Å². The maximum absolute atomic E-state index is 12.1. The van der Waals surface area contributed by atoms with Crippen LogP contribution in [0.2, 0.25) is 0 Å². The molecule has 11 heteroatoms. The maximum atomic E-state index is 12.1. The van der Waals surface area contributed by atoms with Gasteiger partial charge in [-0.1, -0.05) is 18.2 Å². The highest BCUT2D eigenvalue weighted by Crippen LogP contribution is 2.19. The molecule has 1 amide bonds. The number of hydrogen-bond donors (Lipinski definition) is 2. The molecular weight excluding hydrogens is 502 g/mol. The SMILES string of the molecule is Br.NC(=NCc1ccccc1OCC(=O)NCC1CCCO1)N1CCN(c2ncccn2)CC1. The van der Waals surface area contributed by atoms with Crippen molar-refractivity contribution in [3.63, 3.8) is 0 Å². The quantitative estimate of drug-likeness (QED) is 0.385. The number of benzene rings is 1. The van der Waals surface area contributed by atoms with Gasteiger partial charge in [-0.15, -0.1) is 17.0 Å². The molecule has 1 atom stereocenters. The zero-order valence-electron chi connectivity index (χ0n) is 19.1. The van der Waals surface area contributed by atoms with Gasteiger partial charge >= 0.3 is 0 Å². The van der Waals surface area contributed by atoms with Gasteiger partial charge in [0.15, 0.2) is 12.6 Å². The topological polar surface area (TPSA) is 118 Å². The number of guanidine groups is 1. The summed E-state index contributed by atoms with van der Waals surface area (Å²) in [5, 5.41) is 2.87. The summed E-state index contributed by atoms with van der Waals surface area (Å²) >= 11 is 0. The van der Waals surface area contributed by atoms with Crippen LogP contribution in [-0.4, -0.2) is 78.8 Å². The average Bonchev–Trinajstić information content (AvgIpc) is 3.40. The van der Waals surface area contributed by atoms with Gasteiger partial charge in [0.05, 0.1) is 12.6 Å². The molecule has 1 unspecified atom stereocenters. The van der Waals surface area contributed by atoms with Gasteiger partial charge < -0.3 is 30.3 Å². The van der Waals surface area contributed by atoms with Gasteiger partial charge in [-0.25, -0.2) is 15.0 Å². The van der Waals surface area contributed by atoms with Crippen molar-refractivity contribution in [1.29, 1.82) is 0 Å². The van der Waals surface area contributed by atoms with Crippen LogP contribution < -0.4 is 20.7 Å². The fourth-order valence-electron chi connectivity index (χ4n) is 3.86. The van der Waals surface area contributed by atoms with E-state index >= 15 is 0 Å². The van der Waals surface area contributed by atoms with Crippen molar-refractivity contribution in [2.75, 3.05) is 50.8 Å². The minimum Gasteiger partial charge on any atom is -0.483 e. The predicted octanol–water partition coefficient (Wildman–Crippen LogP) is 1.37. The van der Waals surface area contributed by atoms with Crippen LogP contribution in [0.1, 0.15) is 18.4 Å². The highest BCUT2D eigenvalue weighted by molar-refractivity contribution is 8.93. The van der Waals surface area contributed by atoms with E-state index in [2.05, 4.69) is 30.1 Å². The van der Waals surface area contributed by atoms with E-state index in [-0.39, 0.29) is 35.6 Å². The number of carbonyl (C=O) groups is 1. The number of nitrogens with one attached hydrogen (secondary N) is 1. The molecule has 3 heterocycles. The average molecular weight is 534 g/mol. The Labute approximate surface area is 210 Å². The summed E-state index contributed by atoms with van der Waals surface area (Å²) in [7, 11) is 0. The predicted molar refractivity (Wildman–Crippen MR) is 135 cm³/mol. The highest BCUT2D eigenvalue weighted by Gasteiger charge is 2.20. The fourth-order valence-corrected chi connectivity index (χ4v) is 3.86. The number of para-hydroxylation sites is 1. The number of rotatable bonds is 8. The van der Waals surface area contributed by atoms with E-state index in [1.807, 2.05) is 30.3 Å². The Balaban J connectivity index is 0.00000324. The first-order valence-corrected chi connectivity index (χ1v) is 11.3. The molecule has 0 aliphatic carbocycles. The molecule has 2 fully saturated rings. The van der Waals surface area contributed by atoms with Gasteiger partial charge in [0.2, 0.25) is 5.95 Å². The van der Waals surface area contributed by atoms with Gasteiger partial charge in [0.1, 0.15) is 5.75 Å². The van der Waals surface area contributed by atoms with Crippen LogP contribution in [0.4, 0.5) is 5.95 Å². The van der Waals surface area contributed by atoms with Gasteiger partial charge in [0, 0.05) is 57.3 Å². The van der Waals surface area contributed by atoms with Gasteiger partial charge in [0.25, 0.3) is 5.91 Å². The zero-order chi connectivity index (χ0) is 22.9. The summed E-state index contributed by atoms with van der Waals surface area (Å²) in [4.78, 5) is 29.5. The molecular formula is C23H32BrN7O3. The molecule has 4 rings (SSSR count). The lowest BCUT2D eigenvalue weighted by Gasteiger charge is -2.35. The van der Waals surface area contributed by atoms with Crippen LogP contribution in [-0.2, 0) is 16.1 Å². The summed E-state index contributed by atoms with van der Waals surface area (Å²) in [6.07, 6.45) is 5.64. The third-order valence-corrected chi connectivity index (χ3v) is 5.73. The molecule has 2 saturated heterocycles. The molecule has 1 aromatic carbocycles. The maximum Gasteiger partial charge on any atom is 0.258 e. The van der Waals surface area contributed by atoms with Crippen molar-refractivity contribution in [2.45, 2.75) is 25.5 Å². The smallest absolute Gasteiger partial charge is 0.258 e. The molecule has 2 aliphatic rings. The van der Waals surface area contributed by atoms with E-state index in [1.54, 1.807) is 12.4 Å². The minimum atomic E-state index is -0.163.